The monoisotopic (exact) mass is 609 g/mol. The Morgan fingerprint density at radius 2 is 1.75 bits per heavy atom. The number of carbonyl (C=O) groups excluding carboxylic acids is 3. The van der Waals surface area contributed by atoms with Crippen LogP contribution in [0.5, 0.6) is 5.75 Å². The van der Waals surface area contributed by atoms with Gasteiger partial charge in [0.15, 0.2) is 0 Å². The van der Waals surface area contributed by atoms with Crippen LogP contribution in [0.15, 0.2) is 49.6 Å². The van der Waals surface area contributed by atoms with Gasteiger partial charge in [-0.15, -0.1) is 13.2 Å². The van der Waals surface area contributed by atoms with Gasteiger partial charge in [0.25, 0.3) is 0 Å². The fraction of sp³-hybridized carbons (Fsp3) is 0.629. The highest BCUT2D eigenvalue weighted by atomic mass is 16.5. The highest BCUT2D eigenvalue weighted by Gasteiger charge is 2.78. The average molecular weight is 610 g/mol. The second-order valence-electron chi connectivity index (χ2n) is 12.5. The minimum Gasteiger partial charge on any atom is -0.494 e. The van der Waals surface area contributed by atoms with E-state index >= 15 is 0 Å². The normalized spacial score (nSPS) is 26.9. The molecule has 1 aromatic carbocycles. The van der Waals surface area contributed by atoms with Gasteiger partial charge in [-0.25, -0.2) is 0 Å². The predicted octanol–water partition coefficient (Wildman–Crippen LogP) is 4.74. The van der Waals surface area contributed by atoms with Gasteiger partial charge in [-0.2, -0.15) is 0 Å². The molecule has 3 amide bonds. The number of carbonyl (C=O) groups is 3. The summed E-state index contributed by atoms with van der Waals surface area (Å²) >= 11 is 0. The molecule has 3 aliphatic rings. The van der Waals surface area contributed by atoms with Crippen molar-refractivity contribution in [3.05, 3.63) is 49.6 Å². The molecule has 4 rings (SSSR count). The number of benzene rings is 1. The fourth-order valence-electron chi connectivity index (χ4n) is 7.55. The number of hydrogen-bond donors (Lipinski definition) is 1. The molecule has 242 valence electrons. The molecule has 9 heteroatoms. The van der Waals surface area contributed by atoms with Crippen molar-refractivity contribution < 1.29 is 29.0 Å². The van der Waals surface area contributed by atoms with Crippen LogP contribution in [-0.2, 0) is 19.1 Å². The topological polar surface area (TPSA) is 99.6 Å². The quantitative estimate of drug-likeness (QED) is 0.191. The van der Waals surface area contributed by atoms with Crippen LogP contribution in [0, 0.1) is 11.8 Å². The molecule has 1 aromatic rings. The van der Waals surface area contributed by atoms with Crippen LogP contribution < -0.4 is 9.64 Å². The summed E-state index contributed by atoms with van der Waals surface area (Å²) < 4.78 is 12.5. The van der Waals surface area contributed by atoms with Crippen LogP contribution in [0.4, 0.5) is 5.69 Å². The molecule has 2 bridgehead atoms. The molecule has 0 saturated carbocycles. The Morgan fingerprint density at radius 1 is 1.05 bits per heavy atom. The van der Waals surface area contributed by atoms with E-state index in [-0.39, 0.29) is 30.9 Å². The minimum absolute atomic E-state index is 0.128. The van der Waals surface area contributed by atoms with E-state index in [0.29, 0.717) is 63.4 Å². The zero-order valence-electron chi connectivity index (χ0n) is 26.8. The third-order valence-electron chi connectivity index (χ3n) is 9.56. The maximum atomic E-state index is 14.6. The van der Waals surface area contributed by atoms with Crippen LogP contribution in [-0.4, -0.2) is 89.3 Å². The highest BCUT2D eigenvalue weighted by molar-refractivity contribution is 6.03. The number of rotatable bonds is 18. The lowest BCUT2D eigenvalue weighted by molar-refractivity contribution is -0.151. The molecule has 44 heavy (non-hydrogen) atoms. The molecule has 0 radical (unpaired) electrons. The van der Waals surface area contributed by atoms with Crippen LogP contribution in [0.25, 0.3) is 0 Å². The van der Waals surface area contributed by atoms with Crippen molar-refractivity contribution in [1.82, 2.24) is 9.80 Å². The minimum atomic E-state index is -1.07. The number of anilines is 1. The lowest BCUT2D eigenvalue weighted by Gasteiger charge is -2.37. The van der Waals surface area contributed by atoms with Gasteiger partial charge in [0.05, 0.1) is 24.0 Å². The first-order valence-corrected chi connectivity index (χ1v) is 16.4. The molecule has 1 N–H and O–H groups in total. The van der Waals surface area contributed by atoms with E-state index < -0.39 is 29.1 Å². The van der Waals surface area contributed by atoms with Crippen molar-refractivity contribution in [1.29, 1.82) is 0 Å². The van der Waals surface area contributed by atoms with E-state index in [9.17, 15) is 19.5 Å². The molecule has 3 heterocycles. The van der Waals surface area contributed by atoms with Crippen molar-refractivity contribution in [2.75, 3.05) is 44.3 Å². The van der Waals surface area contributed by atoms with Gasteiger partial charge in [-0.3, -0.25) is 14.4 Å². The number of aliphatic hydroxyl groups is 1. The Hall–Kier alpha value is -3.17. The van der Waals surface area contributed by atoms with E-state index in [1.54, 1.807) is 26.9 Å². The molecule has 9 nitrogen and oxygen atoms in total. The maximum absolute atomic E-state index is 14.6. The van der Waals surface area contributed by atoms with Gasteiger partial charge in [0.2, 0.25) is 17.7 Å². The first kappa shape index (κ1) is 33.7. The molecule has 1 spiro atoms. The van der Waals surface area contributed by atoms with Gasteiger partial charge in [-0.05, 0) is 70.2 Å². The van der Waals surface area contributed by atoms with Crippen molar-refractivity contribution >= 4 is 23.4 Å². The van der Waals surface area contributed by atoms with E-state index in [2.05, 4.69) is 20.1 Å². The molecule has 3 fully saturated rings. The Balaban J connectivity index is 1.71. The van der Waals surface area contributed by atoms with Crippen LogP contribution in [0.3, 0.4) is 0 Å². The summed E-state index contributed by atoms with van der Waals surface area (Å²) in [4.78, 5) is 48.7. The number of nitrogens with zero attached hydrogens (tertiary/aromatic N) is 3. The van der Waals surface area contributed by atoms with Crippen molar-refractivity contribution in [2.24, 2.45) is 11.8 Å². The summed E-state index contributed by atoms with van der Waals surface area (Å²) in [6, 6.07) is 6.57. The Kier molecular flexibility index (Phi) is 11.3. The zero-order valence-corrected chi connectivity index (χ0v) is 26.8. The molecular formula is C35H51N3O6. The summed E-state index contributed by atoms with van der Waals surface area (Å²) in [5.74, 6) is -1.28. The van der Waals surface area contributed by atoms with Crippen molar-refractivity contribution in [3.63, 3.8) is 0 Å². The smallest absolute Gasteiger partial charge is 0.248 e. The Labute approximate surface area is 262 Å². The number of unbranched alkanes of at least 4 members (excludes halogenated alkanes) is 4. The standard InChI is InChI=1S/C35H51N3O6/c1-6-10-23-36(21-7-2)33(42)30-35-20-19-34(5,44-35)28(29(35)32(41)38(30)24-13-11-12-14-25-39)31(40)37(22-8-3)26-15-17-27(18-16-26)43-9-4/h7-8,15-18,28-30,39H,2-3,6,9-14,19-25H2,1,4-5H3/t28-,29+,30?,34+,35?/m1/s1. The summed E-state index contributed by atoms with van der Waals surface area (Å²) in [5, 5.41) is 9.22. The first-order chi connectivity index (χ1) is 21.2. The van der Waals surface area contributed by atoms with Gasteiger partial charge in [-0.1, -0.05) is 38.3 Å². The third kappa shape index (κ3) is 6.31. The second kappa shape index (κ2) is 14.7. The molecule has 3 saturated heterocycles. The first-order valence-electron chi connectivity index (χ1n) is 16.4. The predicted molar refractivity (Wildman–Crippen MR) is 171 cm³/mol. The van der Waals surface area contributed by atoms with Crippen LogP contribution in [0.1, 0.15) is 72.1 Å². The molecular weight excluding hydrogens is 558 g/mol. The van der Waals surface area contributed by atoms with E-state index in [1.807, 2.05) is 38.1 Å². The van der Waals surface area contributed by atoms with E-state index in [0.717, 1.165) is 25.7 Å². The second-order valence-corrected chi connectivity index (χ2v) is 12.5. The van der Waals surface area contributed by atoms with Gasteiger partial charge < -0.3 is 29.3 Å². The van der Waals surface area contributed by atoms with Crippen molar-refractivity contribution in [2.45, 2.75) is 89.4 Å². The van der Waals surface area contributed by atoms with Crippen LogP contribution >= 0.6 is 0 Å². The highest BCUT2D eigenvalue weighted by Crippen LogP contribution is 2.63. The number of fused-ring (bicyclic) bond motifs is 1. The fourth-order valence-corrected chi connectivity index (χ4v) is 7.55. The number of amides is 3. The summed E-state index contributed by atoms with van der Waals surface area (Å²) in [6.07, 6.45) is 9.41. The summed E-state index contributed by atoms with van der Waals surface area (Å²) in [7, 11) is 0. The lowest BCUT2D eigenvalue weighted by Crippen LogP contribution is -2.56. The largest absolute Gasteiger partial charge is 0.494 e. The zero-order chi connectivity index (χ0) is 31.9. The molecule has 5 atom stereocenters. The number of ether oxygens (including phenoxy) is 2. The van der Waals surface area contributed by atoms with E-state index in [4.69, 9.17) is 9.47 Å². The Morgan fingerprint density at radius 3 is 2.39 bits per heavy atom. The van der Waals surface area contributed by atoms with Gasteiger partial charge in [0.1, 0.15) is 17.4 Å². The van der Waals surface area contributed by atoms with E-state index in [1.165, 1.54) is 0 Å². The van der Waals surface area contributed by atoms with Gasteiger partial charge in [0, 0.05) is 38.5 Å². The number of aliphatic hydroxyl groups excluding tert-OH is 1. The molecule has 0 aliphatic carbocycles. The molecule has 2 unspecified atom stereocenters. The Bertz CT molecular complexity index is 1190. The van der Waals surface area contributed by atoms with Crippen molar-refractivity contribution in [3.8, 4) is 5.75 Å². The number of hydrogen-bond acceptors (Lipinski definition) is 6. The maximum Gasteiger partial charge on any atom is 0.248 e. The SMILES string of the molecule is C=CCN(CCCC)C(=O)C1N(CCCCCCO)C(=O)[C@@H]2[C@H](C(=O)N(CC=C)c3ccc(OCC)cc3)[C@]3(C)CCC12O3. The van der Waals surface area contributed by atoms with Crippen LogP contribution in [0.2, 0.25) is 0 Å². The summed E-state index contributed by atoms with van der Waals surface area (Å²) in [6.45, 7) is 16.0. The summed E-state index contributed by atoms with van der Waals surface area (Å²) in [5.41, 5.74) is -1.26. The third-order valence-corrected chi connectivity index (χ3v) is 9.56. The lowest BCUT2D eigenvalue weighted by atomic mass is 9.66. The van der Waals surface area contributed by atoms with Gasteiger partial charge >= 0.3 is 0 Å². The molecule has 3 aliphatic heterocycles. The average Bonchev–Trinajstić information content (AvgIpc) is 3.58. The molecule has 0 aromatic heterocycles. The number of likely N-dealkylation sites (tertiary alicyclic amines) is 1.